The van der Waals surface area contributed by atoms with E-state index in [4.69, 9.17) is 17.6 Å². The van der Waals surface area contributed by atoms with Crippen LogP contribution in [0.25, 0.3) is 0 Å². The second kappa shape index (κ2) is 7.79. The molecule has 0 atom stereocenters. The number of rotatable bonds is 8. The molecule has 1 amide bonds. The van der Waals surface area contributed by atoms with Gasteiger partial charge in [-0.1, -0.05) is 49.8 Å². The van der Waals surface area contributed by atoms with Crippen molar-refractivity contribution in [1.29, 1.82) is 0 Å². The van der Waals surface area contributed by atoms with Gasteiger partial charge in [-0.3, -0.25) is 14.7 Å². The maximum Gasteiger partial charge on any atom is 0.256 e. The Bertz CT molecular complexity index is 736. The first kappa shape index (κ1) is 18.7. The molecular weight excluding hydrogens is 335 g/mol. The highest BCUT2D eigenvalue weighted by Gasteiger charge is 2.49. The minimum absolute atomic E-state index is 0.207. The number of amidine groups is 1. The van der Waals surface area contributed by atoms with Crippen LogP contribution in [0.1, 0.15) is 75.8 Å². The van der Waals surface area contributed by atoms with Crippen molar-refractivity contribution in [2.75, 3.05) is 0 Å². The molecule has 1 heterocycles. The Morgan fingerprint density at radius 1 is 1.30 bits per heavy atom. The average Bonchev–Trinajstić information content (AvgIpc) is 3.32. The van der Waals surface area contributed by atoms with Gasteiger partial charge in [-0.05, 0) is 43.2 Å². The molecule has 5 heteroatoms. The summed E-state index contributed by atoms with van der Waals surface area (Å²) in [5.41, 5.74) is 2.42. The number of benzene rings is 1. The number of nitrogens with zero attached hydrogens (tertiary/aromatic N) is 2. The molecule has 0 saturated heterocycles. The number of amides is 1. The van der Waals surface area contributed by atoms with E-state index in [9.17, 15) is 4.79 Å². The molecule has 1 spiro atoms. The van der Waals surface area contributed by atoms with Crippen LogP contribution in [0.3, 0.4) is 0 Å². The number of hydrogen-bond donors (Lipinski definition) is 0. The maximum atomic E-state index is 13.2. The Hall–Kier alpha value is -1.62. The zero-order chi connectivity index (χ0) is 18.9. The first-order chi connectivity index (χ1) is 13.1. The van der Waals surface area contributed by atoms with Crippen molar-refractivity contribution < 1.29 is 9.53 Å². The Balaban J connectivity index is 1.52. The number of aliphatic imine (C=N–C) groups is 1. The molecule has 2 radical (unpaired) electrons. The molecule has 2 aliphatic carbocycles. The van der Waals surface area contributed by atoms with Gasteiger partial charge in [-0.25, -0.2) is 0 Å². The third kappa shape index (κ3) is 3.98. The summed E-state index contributed by atoms with van der Waals surface area (Å²) in [4.78, 5) is 20.2. The zero-order valence-electron chi connectivity index (χ0n) is 16.4. The van der Waals surface area contributed by atoms with Gasteiger partial charge in [0.05, 0.1) is 19.3 Å². The van der Waals surface area contributed by atoms with Crippen molar-refractivity contribution in [3.63, 3.8) is 0 Å². The van der Waals surface area contributed by atoms with Crippen molar-refractivity contribution in [3.05, 3.63) is 29.3 Å². The van der Waals surface area contributed by atoms with Gasteiger partial charge in [0.25, 0.3) is 5.91 Å². The van der Waals surface area contributed by atoms with Gasteiger partial charge < -0.3 is 4.74 Å². The molecular formula is C22H29BN2O2. The van der Waals surface area contributed by atoms with E-state index >= 15 is 0 Å². The van der Waals surface area contributed by atoms with Gasteiger partial charge in [0.2, 0.25) is 0 Å². The first-order valence-corrected chi connectivity index (χ1v) is 10.5. The van der Waals surface area contributed by atoms with E-state index in [-0.39, 0.29) is 5.91 Å². The fraction of sp³-hybridized carbons (Fsp3) is 0.636. The highest BCUT2D eigenvalue weighted by atomic mass is 16.5. The van der Waals surface area contributed by atoms with Crippen LogP contribution in [0.5, 0.6) is 0 Å². The van der Waals surface area contributed by atoms with Crippen molar-refractivity contribution in [3.8, 4) is 0 Å². The molecule has 0 aromatic heterocycles. The summed E-state index contributed by atoms with van der Waals surface area (Å²) in [5.74, 6) is 1.19. The van der Waals surface area contributed by atoms with Crippen LogP contribution >= 0.6 is 0 Å². The lowest BCUT2D eigenvalue weighted by Crippen LogP contribution is -2.40. The van der Waals surface area contributed by atoms with Crippen LogP contribution in [0, 0.1) is 0 Å². The zero-order valence-corrected chi connectivity index (χ0v) is 16.4. The van der Waals surface area contributed by atoms with Crippen LogP contribution in [0.4, 0.5) is 0 Å². The predicted octanol–water partition coefficient (Wildman–Crippen LogP) is 3.40. The summed E-state index contributed by atoms with van der Waals surface area (Å²) in [6.45, 7) is 3.32. The Kier molecular flexibility index (Phi) is 5.40. The largest absolute Gasteiger partial charge is 0.374 e. The van der Waals surface area contributed by atoms with E-state index in [1.807, 2.05) is 17.0 Å². The normalized spacial score (nSPS) is 21.3. The van der Waals surface area contributed by atoms with E-state index in [0.717, 1.165) is 80.2 Å². The van der Waals surface area contributed by atoms with Crippen molar-refractivity contribution in [2.45, 2.75) is 89.5 Å². The minimum atomic E-state index is -0.463. The highest BCUT2D eigenvalue weighted by molar-refractivity contribution is 6.33. The Morgan fingerprint density at radius 2 is 2.07 bits per heavy atom. The standard InChI is InChI=1S/C22H29BN2O2/c1-2-3-6-20-24-22(11-4-5-12-22)21(26)25(20)14-16-7-10-19(23)17(13-16)15-27-18-8-9-18/h7,10,13,18H,2-6,8-9,11-12,14-15H2,1H3. The third-order valence-corrected chi connectivity index (χ3v) is 6.03. The highest BCUT2D eigenvalue weighted by Crippen LogP contribution is 2.40. The van der Waals surface area contributed by atoms with Crippen molar-refractivity contribution in [1.82, 2.24) is 4.90 Å². The van der Waals surface area contributed by atoms with E-state index in [1.165, 1.54) is 0 Å². The molecule has 2 saturated carbocycles. The number of ether oxygens (including phenoxy) is 1. The lowest BCUT2D eigenvalue weighted by atomic mass is 9.89. The summed E-state index contributed by atoms with van der Waals surface area (Å²) < 4.78 is 5.83. The summed E-state index contributed by atoms with van der Waals surface area (Å²) in [7, 11) is 6.13. The molecule has 4 nitrogen and oxygen atoms in total. The van der Waals surface area contributed by atoms with Crippen molar-refractivity contribution >= 4 is 25.1 Å². The lowest BCUT2D eigenvalue weighted by molar-refractivity contribution is -0.131. The monoisotopic (exact) mass is 364 g/mol. The number of unbranched alkanes of at least 4 members (excludes halogenated alkanes) is 1. The summed E-state index contributed by atoms with van der Waals surface area (Å²) >= 11 is 0. The minimum Gasteiger partial charge on any atom is -0.374 e. The second-order valence-electron chi connectivity index (χ2n) is 8.31. The fourth-order valence-electron chi connectivity index (χ4n) is 4.21. The number of carbonyl (C=O) groups excluding carboxylic acids is 1. The van der Waals surface area contributed by atoms with Crippen LogP contribution < -0.4 is 5.46 Å². The topological polar surface area (TPSA) is 41.9 Å². The van der Waals surface area contributed by atoms with E-state index in [0.29, 0.717) is 19.3 Å². The van der Waals surface area contributed by atoms with Gasteiger partial charge in [-0.2, -0.15) is 0 Å². The molecule has 27 heavy (non-hydrogen) atoms. The molecule has 2 fully saturated rings. The predicted molar refractivity (Wildman–Crippen MR) is 108 cm³/mol. The summed E-state index contributed by atoms with van der Waals surface area (Å²) in [6, 6.07) is 6.07. The molecule has 0 N–H and O–H groups in total. The maximum absolute atomic E-state index is 13.2. The SMILES string of the molecule is [B]c1ccc(CN2C(=O)C3(CCCC3)N=C2CCCC)cc1COC1CC1. The van der Waals surface area contributed by atoms with Crippen LogP contribution in [0.2, 0.25) is 0 Å². The van der Waals surface area contributed by atoms with Crippen LogP contribution in [-0.4, -0.2) is 36.1 Å². The summed E-state index contributed by atoms with van der Waals surface area (Å²) in [6.07, 6.45) is 9.80. The molecule has 1 aliphatic heterocycles. The van der Waals surface area contributed by atoms with Gasteiger partial charge in [-0.15, -0.1) is 0 Å². The lowest BCUT2D eigenvalue weighted by Gasteiger charge is -2.23. The molecule has 3 aliphatic rings. The molecule has 1 aromatic carbocycles. The van der Waals surface area contributed by atoms with Crippen LogP contribution in [0.15, 0.2) is 23.2 Å². The number of hydrogen-bond acceptors (Lipinski definition) is 3. The molecule has 0 unspecified atom stereocenters. The van der Waals surface area contributed by atoms with Gasteiger partial charge in [0.15, 0.2) is 0 Å². The Labute approximate surface area is 163 Å². The number of carbonyl (C=O) groups is 1. The first-order valence-electron chi connectivity index (χ1n) is 10.5. The quantitative estimate of drug-likeness (QED) is 0.664. The molecule has 142 valence electrons. The van der Waals surface area contributed by atoms with Crippen molar-refractivity contribution in [2.24, 2.45) is 4.99 Å². The van der Waals surface area contributed by atoms with Gasteiger partial charge >= 0.3 is 0 Å². The summed E-state index contributed by atoms with van der Waals surface area (Å²) in [5, 5.41) is 0. The van der Waals surface area contributed by atoms with E-state index in [1.54, 1.807) is 0 Å². The smallest absolute Gasteiger partial charge is 0.256 e. The van der Waals surface area contributed by atoms with E-state index < -0.39 is 5.54 Å². The van der Waals surface area contributed by atoms with Crippen LogP contribution in [-0.2, 0) is 22.7 Å². The van der Waals surface area contributed by atoms with Gasteiger partial charge in [0.1, 0.15) is 19.2 Å². The van der Waals surface area contributed by atoms with Gasteiger partial charge in [0, 0.05) is 6.42 Å². The molecule has 0 bridgehead atoms. The average molecular weight is 364 g/mol. The Morgan fingerprint density at radius 3 is 2.78 bits per heavy atom. The second-order valence-corrected chi connectivity index (χ2v) is 8.31. The fourth-order valence-corrected chi connectivity index (χ4v) is 4.21. The molecule has 4 rings (SSSR count). The third-order valence-electron chi connectivity index (χ3n) is 6.03. The molecule has 1 aromatic rings. The van der Waals surface area contributed by atoms with E-state index in [2.05, 4.69) is 13.0 Å².